The molecule has 0 N–H and O–H groups in total. The summed E-state index contributed by atoms with van der Waals surface area (Å²) in [4.78, 5) is 53.1. The van der Waals surface area contributed by atoms with E-state index in [4.69, 9.17) is 25.8 Å². The molecule has 0 saturated carbocycles. The van der Waals surface area contributed by atoms with Gasteiger partial charge in [-0.3, -0.25) is 9.59 Å². The molecule has 186 valence electrons. The molecular weight excluding hydrogens is 474 g/mol. The molecule has 3 rings (SSSR count). The number of ether oxygens (including phenoxy) is 3. The van der Waals surface area contributed by atoms with Crippen LogP contribution in [0.3, 0.4) is 0 Å². The van der Waals surface area contributed by atoms with Crippen molar-refractivity contribution in [1.82, 2.24) is 4.90 Å². The van der Waals surface area contributed by atoms with Crippen LogP contribution in [0.25, 0.3) is 0 Å². The molecule has 2 aromatic rings. The van der Waals surface area contributed by atoms with Gasteiger partial charge < -0.3 is 14.2 Å². The smallest absolute Gasteiger partial charge is 0.418 e. The third-order valence-corrected chi connectivity index (χ3v) is 5.83. The van der Waals surface area contributed by atoms with Crippen molar-refractivity contribution in [3.63, 3.8) is 0 Å². The van der Waals surface area contributed by atoms with Gasteiger partial charge in [0.05, 0.1) is 5.88 Å². The van der Waals surface area contributed by atoms with Crippen molar-refractivity contribution in [2.24, 2.45) is 5.92 Å². The van der Waals surface area contributed by atoms with Crippen LogP contribution in [0.2, 0.25) is 0 Å². The fraction of sp³-hybridized carbons (Fsp3) is 0.385. The van der Waals surface area contributed by atoms with Crippen LogP contribution in [-0.4, -0.2) is 45.9 Å². The highest BCUT2D eigenvalue weighted by atomic mass is 35.5. The van der Waals surface area contributed by atoms with E-state index in [0.29, 0.717) is 10.5 Å². The van der Waals surface area contributed by atoms with E-state index in [9.17, 15) is 19.2 Å². The molecule has 0 unspecified atom stereocenters. The number of carbonyl (C=O) groups excluding carboxylic acids is 4. The molecule has 2 atom stereocenters. The highest BCUT2D eigenvalue weighted by molar-refractivity contribution is 6.22. The zero-order valence-electron chi connectivity index (χ0n) is 19.9. The summed E-state index contributed by atoms with van der Waals surface area (Å²) in [7, 11) is 0. The monoisotopic (exact) mass is 501 g/mol. The number of hydrogen-bond acceptors (Lipinski definition) is 7. The molecule has 0 radical (unpaired) electrons. The average molecular weight is 502 g/mol. The second-order valence-corrected chi connectivity index (χ2v) is 9.50. The number of likely N-dealkylation sites (tertiary alicyclic amines) is 1. The van der Waals surface area contributed by atoms with E-state index in [-0.39, 0.29) is 19.6 Å². The Bertz CT molecular complexity index is 1070. The van der Waals surface area contributed by atoms with Gasteiger partial charge in [-0.15, -0.1) is 11.6 Å². The minimum absolute atomic E-state index is 0.0672. The van der Waals surface area contributed by atoms with E-state index in [1.165, 1.54) is 0 Å². The maximum atomic E-state index is 13.3. The Morgan fingerprint density at radius 3 is 1.94 bits per heavy atom. The van der Waals surface area contributed by atoms with Crippen LogP contribution in [0.15, 0.2) is 60.7 Å². The van der Waals surface area contributed by atoms with Crippen molar-refractivity contribution in [1.29, 1.82) is 0 Å². The Morgan fingerprint density at radius 2 is 1.46 bits per heavy atom. The van der Waals surface area contributed by atoms with Gasteiger partial charge in [-0.1, -0.05) is 60.7 Å². The Balaban J connectivity index is 1.85. The molecular formula is C26H28ClNO7. The number of imide groups is 1. The van der Waals surface area contributed by atoms with E-state index in [1.54, 1.807) is 69.3 Å². The van der Waals surface area contributed by atoms with Crippen molar-refractivity contribution < 1.29 is 33.4 Å². The first-order valence-electron chi connectivity index (χ1n) is 11.1. The average Bonchev–Trinajstić information content (AvgIpc) is 3.15. The number of benzene rings is 2. The van der Waals surface area contributed by atoms with Crippen molar-refractivity contribution >= 4 is 35.5 Å². The van der Waals surface area contributed by atoms with Gasteiger partial charge in [-0.25, -0.2) is 14.5 Å². The minimum atomic E-state index is -1.92. The molecule has 9 heteroatoms. The number of alkyl halides is 1. The zero-order valence-corrected chi connectivity index (χ0v) is 20.6. The third-order valence-electron chi connectivity index (χ3n) is 5.39. The molecule has 35 heavy (non-hydrogen) atoms. The number of carbonyl (C=O) groups is 4. The first kappa shape index (κ1) is 26.2. The molecule has 8 nitrogen and oxygen atoms in total. The number of esters is 2. The predicted octanol–water partition coefficient (Wildman–Crippen LogP) is 4.23. The first-order chi connectivity index (χ1) is 16.6. The topological polar surface area (TPSA) is 99.2 Å². The number of halogens is 1. The van der Waals surface area contributed by atoms with Gasteiger partial charge in [0.15, 0.2) is 5.54 Å². The van der Waals surface area contributed by atoms with Crippen LogP contribution in [-0.2, 0) is 41.8 Å². The molecule has 0 aromatic heterocycles. The van der Waals surface area contributed by atoms with Crippen molar-refractivity contribution in [3.05, 3.63) is 71.8 Å². The molecule has 1 heterocycles. The summed E-state index contributed by atoms with van der Waals surface area (Å²) in [5.74, 6) is -4.60. The summed E-state index contributed by atoms with van der Waals surface area (Å²) in [6, 6.07) is 17.8. The SMILES string of the molecule is CC(C)(C)OC(=O)N1C(=O)[C@@H](C(=O)OCc2ccccc2)C[C@]1(CCl)C(=O)OCc1ccccc1. The fourth-order valence-corrected chi connectivity index (χ4v) is 4.01. The van der Waals surface area contributed by atoms with E-state index in [0.717, 1.165) is 5.56 Å². The number of nitrogens with zero attached hydrogens (tertiary/aromatic N) is 1. The summed E-state index contributed by atoms with van der Waals surface area (Å²) in [5, 5.41) is 0. The maximum Gasteiger partial charge on any atom is 0.418 e. The van der Waals surface area contributed by atoms with Gasteiger partial charge in [-0.05, 0) is 31.9 Å². The van der Waals surface area contributed by atoms with Crippen molar-refractivity contribution in [3.8, 4) is 0 Å². The van der Waals surface area contributed by atoms with Crippen LogP contribution < -0.4 is 0 Å². The summed E-state index contributed by atoms with van der Waals surface area (Å²) in [6.45, 7) is 4.69. The van der Waals surface area contributed by atoms with E-state index in [1.807, 2.05) is 12.1 Å². The van der Waals surface area contributed by atoms with E-state index < -0.39 is 46.9 Å². The summed E-state index contributed by atoms with van der Waals surface area (Å²) < 4.78 is 16.1. The quantitative estimate of drug-likeness (QED) is 0.242. The lowest BCUT2D eigenvalue weighted by Crippen LogP contribution is -2.57. The van der Waals surface area contributed by atoms with Crippen LogP contribution in [0, 0.1) is 5.92 Å². The van der Waals surface area contributed by atoms with Crippen LogP contribution in [0.4, 0.5) is 4.79 Å². The molecule has 0 aliphatic carbocycles. The highest BCUT2D eigenvalue weighted by Crippen LogP contribution is 2.39. The van der Waals surface area contributed by atoms with Crippen LogP contribution in [0.1, 0.15) is 38.3 Å². The maximum absolute atomic E-state index is 13.3. The second-order valence-electron chi connectivity index (χ2n) is 9.23. The van der Waals surface area contributed by atoms with Crippen molar-refractivity contribution in [2.45, 2.75) is 51.5 Å². The zero-order chi connectivity index (χ0) is 25.6. The lowest BCUT2D eigenvalue weighted by atomic mass is 9.94. The Labute approximate surface area is 209 Å². The van der Waals surface area contributed by atoms with Gasteiger partial charge in [0.1, 0.15) is 24.7 Å². The van der Waals surface area contributed by atoms with Crippen LogP contribution >= 0.6 is 11.6 Å². The highest BCUT2D eigenvalue weighted by Gasteiger charge is 2.62. The number of amides is 2. The summed E-state index contributed by atoms with van der Waals surface area (Å²) in [5.41, 5.74) is -1.46. The Kier molecular flexibility index (Phi) is 8.17. The molecule has 2 amide bonds. The summed E-state index contributed by atoms with van der Waals surface area (Å²) in [6.07, 6.45) is -1.46. The van der Waals surface area contributed by atoms with Gasteiger partial charge in [0.2, 0.25) is 5.91 Å². The fourth-order valence-electron chi connectivity index (χ4n) is 3.67. The van der Waals surface area contributed by atoms with E-state index in [2.05, 4.69) is 0 Å². The summed E-state index contributed by atoms with van der Waals surface area (Å²) >= 11 is 6.20. The van der Waals surface area contributed by atoms with Crippen molar-refractivity contribution in [2.75, 3.05) is 5.88 Å². The lowest BCUT2D eigenvalue weighted by Gasteiger charge is -2.34. The lowest BCUT2D eigenvalue weighted by molar-refractivity contribution is -0.159. The van der Waals surface area contributed by atoms with Gasteiger partial charge in [0.25, 0.3) is 0 Å². The minimum Gasteiger partial charge on any atom is -0.460 e. The predicted molar refractivity (Wildman–Crippen MR) is 127 cm³/mol. The largest absolute Gasteiger partial charge is 0.460 e. The molecule has 1 aliphatic heterocycles. The Morgan fingerprint density at radius 1 is 0.943 bits per heavy atom. The normalized spacial score (nSPS) is 19.8. The molecule has 1 saturated heterocycles. The third kappa shape index (κ3) is 6.19. The van der Waals surface area contributed by atoms with Gasteiger partial charge >= 0.3 is 18.0 Å². The molecule has 1 aliphatic rings. The molecule has 0 spiro atoms. The second kappa shape index (κ2) is 10.9. The number of hydrogen-bond donors (Lipinski definition) is 0. The van der Waals surface area contributed by atoms with Gasteiger partial charge in [0, 0.05) is 6.42 Å². The molecule has 1 fully saturated rings. The molecule has 0 bridgehead atoms. The van der Waals surface area contributed by atoms with Gasteiger partial charge in [-0.2, -0.15) is 0 Å². The molecule has 2 aromatic carbocycles. The number of rotatable bonds is 7. The van der Waals surface area contributed by atoms with Crippen LogP contribution in [0.5, 0.6) is 0 Å². The first-order valence-corrected chi connectivity index (χ1v) is 11.7. The standard InChI is InChI=1S/C26H28ClNO7/c1-25(2,3)35-24(32)28-21(29)20(22(30)33-15-18-10-6-4-7-11-18)14-26(28,17-27)23(31)34-16-19-12-8-5-9-13-19/h4-13,20H,14-17H2,1-3H3/t20-,26-/m0/s1. The Hall–Kier alpha value is -3.39. The van der Waals surface area contributed by atoms with E-state index >= 15 is 0 Å².